The molecule has 0 amide bonds. The van der Waals surface area contributed by atoms with Gasteiger partial charge in [0.25, 0.3) is 0 Å². The molecule has 88 valence electrons. The van der Waals surface area contributed by atoms with Gasteiger partial charge in [0, 0.05) is 19.6 Å². The minimum atomic E-state index is 0.743. The zero-order chi connectivity index (χ0) is 11.5. The van der Waals surface area contributed by atoms with E-state index in [1.165, 1.54) is 0 Å². The second-order valence-corrected chi connectivity index (χ2v) is 4.19. The van der Waals surface area contributed by atoms with E-state index < -0.39 is 0 Å². The van der Waals surface area contributed by atoms with Crippen LogP contribution in [-0.4, -0.2) is 41.4 Å². The monoisotopic (exact) mass is 229 g/mol. The highest BCUT2D eigenvalue weighted by Crippen LogP contribution is 2.12. The summed E-state index contributed by atoms with van der Waals surface area (Å²) in [5.74, 6) is 0.743. The Hall–Kier alpha value is -1.75. The van der Waals surface area contributed by atoms with Crippen molar-refractivity contribution in [2.24, 2.45) is 0 Å². The van der Waals surface area contributed by atoms with Gasteiger partial charge in [-0.25, -0.2) is 4.98 Å². The molecule has 1 aromatic heterocycles. The molecule has 0 saturated carbocycles. The van der Waals surface area contributed by atoms with Crippen molar-refractivity contribution in [3.05, 3.63) is 24.3 Å². The number of anilines is 1. The van der Waals surface area contributed by atoms with E-state index in [9.17, 15) is 0 Å². The molecule has 5 heteroatoms. The van der Waals surface area contributed by atoms with Gasteiger partial charge >= 0.3 is 0 Å². The summed E-state index contributed by atoms with van der Waals surface area (Å²) in [7, 11) is 0. The van der Waals surface area contributed by atoms with Crippen molar-refractivity contribution in [1.29, 1.82) is 0 Å². The molecule has 1 N–H and O–H groups in total. The third-order valence-corrected chi connectivity index (χ3v) is 2.97. The maximum atomic E-state index is 4.57. The molecule has 0 bridgehead atoms. The van der Waals surface area contributed by atoms with Crippen LogP contribution < -0.4 is 10.2 Å². The van der Waals surface area contributed by atoms with Crippen LogP contribution in [0.5, 0.6) is 0 Å². The molecule has 5 nitrogen and oxygen atoms in total. The molecule has 3 rings (SSSR count). The molecule has 2 heterocycles. The van der Waals surface area contributed by atoms with Gasteiger partial charge in [-0.05, 0) is 25.1 Å². The Morgan fingerprint density at radius 2 is 1.88 bits per heavy atom. The smallest absolute Gasteiger partial charge is 0.245 e. The molecule has 0 radical (unpaired) electrons. The summed E-state index contributed by atoms with van der Waals surface area (Å²) < 4.78 is 0. The summed E-state index contributed by atoms with van der Waals surface area (Å²) >= 11 is 0. The topological polar surface area (TPSA) is 53.9 Å². The predicted octanol–water partition coefficient (Wildman–Crippen LogP) is 0.824. The van der Waals surface area contributed by atoms with E-state index in [4.69, 9.17) is 0 Å². The van der Waals surface area contributed by atoms with Crippen molar-refractivity contribution in [3.8, 4) is 0 Å². The Labute approximate surface area is 99.9 Å². The Morgan fingerprint density at radius 3 is 2.82 bits per heavy atom. The normalized spacial score (nSPS) is 17.1. The van der Waals surface area contributed by atoms with Gasteiger partial charge in [-0.15, -0.1) is 10.2 Å². The van der Waals surface area contributed by atoms with Crippen LogP contribution in [-0.2, 0) is 0 Å². The lowest BCUT2D eigenvalue weighted by atomic mass is 10.3. The SMILES string of the molecule is c1ccc2nc(N3CCCNCC3)nnc2c1. The Bertz CT molecular complexity index is 505. The number of hydrogen-bond acceptors (Lipinski definition) is 5. The first-order chi connectivity index (χ1) is 8.43. The Balaban J connectivity index is 1.93. The van der Waals surface area contributed by atoms with E-state index in [-0.39, 0.29) is 0 Å². The van der Waals surface area contributed by atoms with E-state index >= 15 is 0 Å². The van der Waals surface area contributed by atoms with Crippen LogP contribution in [0.2, 0.25) is 0 Å². The fourth-order valence-corrected chi connectivity index (χ4v) is 2.05. The summed E-state index contributed by atoms with van der Waals surface area (Å²) in [5, 5.41) is 11.8. The van der Waals surface area contributed by atoms with E-state index in [2.05, 4.69) is 25.4 Å². The lowest BCUT2D eigenvalue weighted by molar-refractivity contribution is 0.724. The lowest BCUT2D eigenvalue weighted by Crippen LogP contribution is -2.29. The number of rotatable bonds is 1. The maximum Gasteiger partial charge on any atom is 0.245 e. The van der Waals surface area contributed by atoms with Crippen LogP contribution in [0.4, 0.5) is 5.95 Å². The highest BCUT2D eigenvalue weighted by molar-refractivity contribution is 5.74. The molecule has 0 unspecified atom stereocenters. The predicted molar refractivity (Wildman–Crippen MR) is 67.0 cm³/mol. The second-order valence-electron chi connectivity index (χ2n) is 4.19. The number of nitrogens with zero attached hydrogens (tertiary/aromatic N) is 4. The van der Waals surface area contributed by atoms with Crippen LogP contribution in [0, 0.1) is 0 Å². The lowest BCUT2D eigenvalue weighted by Gasteiger charge is -2.18. The molecular weight excluding hydrogens is 214 g/mol. The second kappa shape index (κ2) is 4.63. The summed E-state index contributed by atoms with van der Waals surface area (Å²) in [6, 6.07) is 7.84. The molecule has 0 spiro atoms. The van der Waals surface area contributed by atoms with Crippen LogP contribution in [0.15, 0.2) is 24.3 Å². The highest BCUT2D eigenvalue weighted by atomic mass is 15.3. The van der Waals surface area contributed by atoms with Crippen LogP contribution in [0.1, 0.15) is 6.42 Å². The molecule has 1 fully saturated rings. The Kier molecular flexibility index (Phi) is 2.83. The summed E-state index contributed by atoms with van der Waals surface area (Å²) in [6.07, 6.45) is 1.12. The number of benzene rings is 1. The van der Waals surface area contributed by atoms with Gasteiger partial charge in [0.15, 0.2) is 0 Å². The summed E-state index contributed by atoms with van der Waals surface area (Å²) in [6.45, 7) is 3.99. The zero-order valence-corrected chi connectivity index (χ0v) is 9.63. The first-order valence-corrected chi connectivity index (χ1v) is 5.98. The molecule has 1 aromatic carbocycles. The third-order valence-electron chi connectivity index (χ3n) is 2.97. The van der Waals surface area contributed by atoms with Gasteiger partial charge in [0.05, 0.1) is 5.52 Å². The van der Waals surface area contributed by atoms with Crippen molar-refractivity contribution in [1.82, 2.24) is 20.5 Å². The average molecular weight is 229 g/mol. The fraction of sp³-hybridized carbons (Fsp3) is 0.417. The minimum absolute atomic E-state index is 0.743. The number of fused-ring (bicyclic) bond motifs is 1. The molecule has 2 aromatic rings. The largest absolute Gasteiger partial charge is 0.338 e. The molecule has 1 aliphatic heterocycles. The van der Waals surface area contributed by atoms with Crippen LogP contribution >= 0.6 is 0 Å². The highest BCUT2D eigenvalue weighted by Gasteiger charge is 2.12. The molecule has 1 saturated heterocycles. The van der Waals surface area contributed by atoms with E-state index in [0.717, 1.165) is 49.6 Å². The van der Waals surface area contributed by atoms with Gasteiger partial charge in [-0.3, -0.25) is 0 Å². The van der Waals surface area contributed by atoms with Gasteiger partial charge < -0.3 is 10.2 Å². The third kappa shape index (κ3) is 2.19. The standard InChI is InChI=1S/C12H15N5/c1-2-5-11-10(4-1)14-12(16-15-11)17-8-3-6-13-7-9-17/h1-2,4-5,13H,3,6-9H2. The van der Waals surface area contributed by atoms with Gasteiger partial charge in [-0.1, -0.05) is 12.1 Å². The maximum absolute atomic E-state index is 4.57. The van der Waals surface area contributed by atoms with E-state index in [1.54, 1.807) is 0 Å². The quantitative estimate of drug-likeness (QED) is 0.784. The van der Waals surface area contributed by atoms with Crippen molar-refractivity contribution in [3.63, 3.8) is 0 Å². The van der Waals surface area contributed by atoms with Crippen molar-refractivity contribution in [2.75, 3.05) is 31.1 Å². The number of nitrogens with one attached hydrogen (secondary N) is 1. The van der Waals surface area contributed by atoms with Gasteiger partial charge in [0.2, 0.25) is 5.95 Å². The number of hydrogen-bond donors (Lipinski definition) is 1. The summed E-state index contributed by atoms with van der Waals surface area (Å²) in [4.78, 5) is 6.76. The van der Waals surface area contributed by atoms with Gasteiger partial charge in [-0.2, -0.15) is 0 Å². The minimum Gasteiger partial charge on any atom is -0.338 e. The number of para-hydroxylation sites is 1. The van der Waals surface area contributed by atoms with Crippen molar-refractivity contribution < 1.29 is 0 Å². The van der Waals surface area contributed by atoms with E-state index in [0.29, 0.717) is 0 Å². The first-order valence-electron chi connectivity index (χ1n) is 5.98. The van der Waals surface area contributed by atoms with Crippen molar-refractivity contribution in [2.45, 2.75) is 6.42 Å². The van der Waals surface area contributed by atoms with Crippen molar-refractivity contribution >= 4 is 17.0 Å². The molecular formula is C12H15N5. The number of aromatic nitrogens is 3. The fourth-order valence-electron chi connectivity index (χ4n) is 2.05. The average Bonchev–Trinajstić information content (AvgIpc) is 2.67. The molecule has 0 aliphatic carbocycles. The molecule has 1 aliphatic rings. The zero-order valence-electron chi connectivity index (χ0n) is 9.63. The Morgan fingerprint density at radius 1 is 1.00 bits per heavy atom. The first kappa shape index (κ1) is 10.4. The van der Waals surface area contributed by atoms with E-state index in [1.807, 2.05) is 24.3 Å². The molecule has 17 heavy (non-hydrogen) atoms. The van der Waals surface area contributed by atoms with Gasteiger partial charge in [0.1, 0.15) is 5.52 Å². The van der Waals surface area contributed by atoms with Crippen LogP contribution in [0.25, 0.3) is 11.0 Å². The van der Waals surface area contributed by atoms with Crippen LogP contribution in [0.3, 0.4) is 0 Å². The summed E-state index contributed by atoms with van der Waals surface area (Å²) in [5.41, 5.74) is 1.76. The molecule has 0 atom stereocenters.